The first-order chi connectivity index (χ1) is 13.2. The third kappa shape index (κ3) is 3.04. The smallest absolute Gasteiger partial charge is 0.248 e. The average Bonchev–Trinajstić information content (AvgIpc) is 3.35. The van der Waals surface area contributed by atoms with Crippen LogP contribution in [-0.4, -0.2) is 30.6 Å². The van der Waals surface area contributed by atoms with E-state index in [9.17, 15) is 4.79 Å². The molecule has 0 aliphatic rings. The summed E-state index contributed by atoms with van der Waals surface area (Å²) in [5, 5.41) is 5.41. The van der Waals surface area contributed by atoms with Crippen molar-refractivity contribution < 1.29 is 4.79 Å². The fourth-order valence-corrected chi connectivity index (χ4v) is 3.11. The Morgan fingerprint density at radius 3 is 3.04 bits per heavy atom. The van der Waals surface area contributed by atoms with Gasteiger partial charge in [-0.1, -0.05) is 12.1 Å². The van der Waals surface area contributed by atoms with E-state index in [-0.39, 0.29) is 6.04 Å². The number of H-pyrrole nitrogens is 1. The third-order valence-corrected chi connectivity index (χ3v) is 4.42. The highest BCUT2D eigenvalue weighted by molar-refractivity contribution is 5.93. The molecule has 0 bridgehead atoms. The maximum atomic E-state index is 11.5. The van der Waals surface area contributed by atoms with Crippen molar-refractivity contribution in [3.8, 4) is 23.6 Å². The number of carbonyl (C=O) groups is 1. The van der Waals surface area contributed by atoms with Crippen LogP contribution in [0, 0.1) is 12.3 Å². The van der Waals surface area contributed by atoms with Crippen molar-refractivity contribution in [2.45, 2.75) is 12.5 Å². The second-order valence-electron chi connectivity index (χ2n) is 6.09. The lowest BCUT2D eigenvalue weighted by Gasteiger charge is -2.16. The van der Waals surface area contributed by atoms with Gasteiger partial charge in [0.2, 0.25) is 5.91 Å². The highest BCUT2D eigenvalue weighted by Crippen LogP contribution is 2.28. The van der Waals surface area contributed by atoms with Crippen LogP contribution in [0.4, 0.5) is 0 Å². The van der Waals surface area contributed by atoms with Crippen molar-refractivity contribution in [3.63, 3.8) is 0 Å². The van der Waals surface area contributed by atoms with Gasteiger partial charge in [-0.05, 0) is 23.8 Å². The number of hydrogen-bond donors (Lipinski definition) is 2. The Bertz CT molecular complexity index is 1170. The topological polar surface area (TPSA) is 102 Å². The lowest BCUT2D eigenvalue weighted by molar-refractivity contribution is 0.1000. The molecular formula is C20H16N6O. The summed E-state index contributed by atoms with van der Waals surface area (Å²) in [4.78, 5) is 23.2. The number of carbonyl (C=O) groups excluding carboxylic acids is 1. The lowest BCUT2D eigenvalue weighted by Crippen LogP contribution is -2.14. The number of nitrogens with two attached hydrogens (primary N) is 1. The molecule has 0 spiro atoms. The molecule has 3 heterocycles. The number of aromatic nitrogens is 5. The van der Waals surface area contributed by atoms with Gasteiger partial charge in [0, 0.05) is 35.3 Å². The molecule has 0 saturated carbocycles. The molecule has 0 fully saturated rings. The molecule has 3 N–H and O–H groups in total. The quantitative estimate of drug-likeness (QED) is 0.536. The Morgan fingerprint density at radius 2 is 2.22 bits per heavy atom. The monoisotopic (exact) mass is 356 g/mol. The first kappa shape index (κ1) is 16.5. The summed E-state index contributed by atoms with van der Waals surface area (Å²) in [6.07, 6.45) is 13.0. The minimum Gasteiger partial charge on any atom is -0.366 e. The van der Waals surface area contributed by atoms with Gasteiger partial charge in [-0.25, -0.2) is 9.97 Å². The van der Waals surface area contributed by atoms with Gasteiger partial charge in [-0.15, -0.1) is 12.3 Å². The van der Waals surface area contributed by atoms with Gasteiger partial charge in [0.25, 0.3) is 0 Å². The highest BCUT2D eigenvalue weighted by Gasteiger charge is 2.17. The molecule has 7 nitrogen and oxygen atoms in total. The van der Waals surface area contributed by atoms with Crippen LogP contribution in [0.15, 0.2) is 55.2 Å². The summed E-state index contributed by atoms with van der Waals surface area (Å²) in [5.74, 6) is 2.20. The molecule has 132 valence electrons. The number of terminal acetylenes is 1. The molecule has 1 unspecified atom stereocenters. The second kappa shape index (κ2) is 6.77. The Balaban J connectivity index is 1.75. The second-order valence-corrected chi connectivity index (χ2v) is 6.09. The van der Waals surface area contributed by atoms with Gasteiger partial charge in [0.1, 0.15) is 12.0 Å². The van der Waals surface area contributed by atoms with E-state index in [2.05, 4.69) is 26.0 Å². The molecule has 1 amide bonds. The minimum absolute atomic E-state index is 0.216. The van der Waals surface area contributed by atoms with Crippen LogP contribution in [0.5, 0.6) is 0 Å². The van der Waals surface area contributed by atoms with E-state index in [0.29, 0.717) is 12.0 Å². The molecule has 0 aliphatic carbocycles. The van der Waals surface area contributed by atoms with Crippen molar-refractivity contribution in [1.29, 1.82) is 0 Å². The number of aromatic amines is 1. The molecule has 4 rings (SSSR count). The van der Waals surface area contributed by atoms with Gasteiger partial charge >= 0.3 is 0 Å². The maximum Gasteiger partial charge on any atom is 0.248 e. The van der Waals surface area contributed by atoms with E-state index < -0.39 is 5.91 Å². The van der Waals surface area contributed by atoms with Crippen molar-refractivity contribution in [2.75, 3.05) is 0 Å². The van der Waals surface area contributed by atoms with Gasteiger partial charge in [0.15, 0.2) is 0 Å². The molecule has 27 heavy (non-hydrogen) atoms. The number of primary amides is 1. The summed E-state index contributed by atoms with van der Waals surface area (Å²) in [6, 6.07) is 8.84. The average molecular weight is 356 g/mol. The van der Waals surface area contributed by atoms with Crippen LogP contribution in [0.25, 0.3) is 22.3 Å². The SMILES string of the molecule is C#CCC(c1cccc(C(N)=O)c1)n1cc(-c2ncnc3[nH]ccc23)cn1. The molecule has 1 aromatic carbocycles. The first-order valence-electron chi connectivity index (χ1n) is 8.33. The van der Waals surface area contributed by atoms with Crippen LogP contribution in [0.1, 0.15) is 28.4 Å². The van der Waals surface area contributed by atoms with Gasteiger partial charge in [0.05, 0.1) is 17.9 Å². The van der Waals surface area contributed by atoms with Crippen LogP contribution in [-0.2, 0) is 0 Å². The minimum atomic E-state index is -0.478. The number of fused-ring (bicyclic) bond motifs is 1. The normalized spacial score (nSPS) is 12.0. The Morgan fingerprint density at radius 1 is 1.33 bits per heavy atom. The standard InChI is InChI=1S/C20H16N6O/c1-2-4-17(13-5-3-6-14(9-13)19(21)27)26-11-15(10-25-26)18-16-7-8-22-20(16)24-12-23-18/h1,3,5-12,17H,4H2,(H2,21,27)(H,22,23,24). The first-order valence-corrected chi connectivity index (χ1v) is 8.33. The highest BCUT2D eigenvalue weighted by atomic mass is 16.1. The molecule has 1 atom stereocenters. The molecule has 0 aliphatic heterocycles. The van der Waals surface area contributed by atoms with Crippen LogP contribution < -0.4 is 5.73 Å². The van der Waals surface area contributed by atoms with E-state index in [1.54, 1.807) is 29.1 Å². The molecule has 3 aromatic heterocycles. The Labute approximate surface area is 155 Å². The third-order valence-electron chi connectivity index (χ3n) is 4.42. The Kier molecular flexibility index (Phi) is 4.15. The predicted molar refractivity (Wildman–Crippen MR) is 102 cm³/mol. The van der Waals surface area contributed by atoms with E-state index in [4.69, 9.17) is 12.2 Å². The summed E-state index contributed by atoms with van der Waals surface area (Å²) in [6.45, 7) is 0. The van der Waals surface area contributed by atoms with E-state index in [1.165, 1.54) is 6.33 Å². The largest absolute Gasteiger partial charge is 0.366 e. The van der Waals surface area contributed by atoms with Crippen LogP contribution in [0.3, 0.4) is 0 Å². The fourth-order valence-electron chi connectivity index (χ4n) is 3.11. The van der Waals surface area contributed by atoms with Gasteiger partial charge < -0.3 is 10.7 Å². The predicted octanol–water partition coefficient (Wildman–Crippen LogP) is 2.53. The van der Waals surface area contributed by atoms with Gasteiger partial charge in [-0.2, -0.15) is 5.10 Å². The van der Waals surface area contributed by atoms with Crippen molar-refractivity contribution in [1.82, 2.24) is 24.7 Å². The fraction of sp³-hybridized carbons (Fsp3) is 0.100. The number of amides is 1. The molecule has 4 aromatic rings. The van der Waals surface area contributed by atoms with Crippen molar-refractivity contribution >= 4 is 16.9 Å². The molecule has 0 radical (unpaired) electrons. The van der Waals surface area contributed by atoms with Crippen molar-refractivity contribution in [2.24, 2.45) is 5.73 Å². The summed E-state index contributed by atoms with van der Waals surface area (Å²) in [5.41, 5.74) is 9.12. The lowest BCUT2D eigenvalue weighted by atomic mass is 10.0. The van der Waals surface area contributed by atoms with Crippen LogP contribution >= 0.6 is 0 Å². The zero-order chi connectivity index (χ0) is 18.8. The maximum absolute atomic E-state index is 11.5. The summed E-state index contributed by atoms with van der Waals surface area (Å²) in [7, 11) is 0. The number of nitrogens with one attached hydrogen (secondary N) is 1. The zero-order valence-electron chi connectivity index (χ0n) is 14.3. The molecule has 7 heteroatoms. The summed E-state index contributed by atoms with van der Waals surface area (Å²) < 4.78 is 1.79. The van der Waals surface area contributed by atoms with Gasteiger partial charge in [-0.3, -0.25) is 9.48 Å². The number of benzene rings is 1. The Hall–Kier alpha value is -3.92. The van der Waals surface area contributed by atoms with E-state index >= 15 is 0 Å². The van der Waals surface area contributed by atoms with Crippen LogP contribution in [0.2, 0.25) is 0 Å². The number of nitrogens with zero attached hydrogens (tertiary/aromatic N) is 4. The molecule has 0 saturated heterocycles. The summed E-state index contributed by atoms with van der Waals surface area (Å²) >= 11 is 0. The number of hydrogen-bond acceptors (Lipinski definition) is 4. The van der Waals surface area contributed by atoms with E-state index in [1.807, 2.05) is 24.5 Å². The number of rotatable bonds is 5. The zero-order valence-corrected chi connectivity index (χ0v) is 14.3. The van der Waals surface area contributed by atoms with E-state index in [0.717, 1.165) is 27.9 Å². The van der Waals surface area contributed by atoms with Crippen molar-refractivity contribution in [3.05, 3.63) is 66.4 Å². The molecular weight excluding hydrogens is 340 g/mol.